The lowest BCUT2D eigenvalue weighted by Gasteiger charge is -2.11. The summed E-state index contributed by atoms with van der Waals surface area (Å²) in [7, 11) is 1.83. The van der Waals surface area contributed by atoms with Crippen molar-refractivity contribution in [1.82, 2.24) is 9.97 Å². The van der Waals surface area contributed by atoms with Crippen molar-refractivity contribution >= 4 is 27.6 Å². The standard InChI is InChI=1S/C13H15BrN4/c1-9-5-3-4-6-10(9)7-16-13-11(14)12(15-2)17-8-18-13/h3-6,8H,7H2,1-2H3,(H2,15,16,17,18). The summed E-state index contributed by atoms with van der Waals surface area (Å²) in [6.07, 6.45) is 1.54. The first-order valence-corrected chi connectivity index (χ1v) is 6.48. The van der Waals surface area contributed by atoms with Crippen LogP contribution < -0.4 is 10.6 Å². The van der Waals surface area contributed by atoms with Crippen molar-refractivity contribution < 1.29 is 0 Å². The highest BCUT2D eigenvalue weighted by molar-refractivity contribution is 9.10. The van der Waals surface area contributed by atoms with Crippen LogP contribution in [0.5, 0.6) is 0 Å². The summed E-state index contributed by atoms with van der Waals surface area (Å²) in [6.45, 7) is 2.84. The minimum absolute atomic E-state index is 0.742. The van der Waals surface area contributed by atoms with Crippen molar-refractivity contribution in [1.29, 1.82) is 0 Å². The zero-order chi connectivity index (χ0) is 13.0. The second-order valence-electron chi connectivity index (χ2n) is 3.91. The first-order chi connectivity index (χ1) is 8.72. The van der Waals surface area contributed by atoms with E-state index in [0.29, 0.717) is 0 Å². The molecule has 2 aromatic rings. The fourth-order valence-electron chi connectivity index (χ4n) is 1.65. The van der Waals surface area contributed by atoms with Gasteiger partial charge in [0, 0.05) is 13.6 Å². The molecule has 0 radical (unpaired) electrons. The molecule has 2 rings (SSSR count). The average molecular weight is 307 g/mol. The van der Waals surface area contributed by atoms with E-state index < -0.39 is 0 Å². The lowest BCUT2D eigenvalue weighted by Crippen LogP contribution is -2.05. The molecule has 0 saturated carbocycles. The van der Waals surface area contributed by atoms with Gasteiger partial charge in [-0.2, -0.15) is 0 Å². The fourth-order valence-corrected chi connectivity index (χ4v) is 2.20. The molecule has 5 heteroatoms. The SMILES string of the molecule is CNc1ncnc(NCc2ccccc2C)c1Br. The van der Waals surface area contributed by atoms with Crippen molar-refractivity contribution in [3.05, 3.63) is 46.2 Å². The number of nitrogens with one attached hydrogen (secondary N) is 2. The molecule has 2 N–H and O–H groups in total. The molecule has 1 aromatic carbocycles. The third kappa shape index (κ3) is 2.79. The van der Waals surface area contributed by atoms with Crippen LogP contribution in [0, 0.1) is 6.92 Å². The van der Waals surface area contributed by atoms with E-state index in [2.05, 4.69) is 55.6 Å². The Bertz CT molecular complexity index is 542. The van der Waals surface area contributed by atoms with E-state index in [1.165, 1.54) is 17.5 Å². The van der Waals surface area contributed by atoms with E-state index in [1.54, 1.807) is 0 Å². The van der Waals surface area contributed by atoms with Gasteiger partial charge in [0.25, 0.3) is 0 Å². The molecule has 18 heavy (non-hydrogen) atoms. The molecule has 0 bridgehead atoms. The van der Waals surface area contributed by atoms with E-state index in [9.17, 15) is 0 Å². The highest BCUT2D eigenvalue weighted by Crippen LogP contribution is 2.26. The first-order valence-electron chi connectivity index (χ1n) is 5.69. The van der Waals surface area contributed by atoms with Crippen molar-refractivity contribution in [2.75, 3.05) is 17.7 Å². The molecule has 0 fully saturated rings. The molecule has 4 nitrogen and oxygen atoms in total. The van der Waals surface area contributed by atoms with Gasteiger partial charge in [0.15, 0.2) is 0 Å². The van der Waals surface area contributed by atoms with Crippen molar-refractivity contribution in [3.63, 3.8) is 0 Å². The third-order valence-electron chi connectivity index (χ3n) is 2.73. The molecule has 0 aliphatic rings. The van der Waals surface area contributed by atoms with Crippen LogP contribution in [-0.2, 0) is 6.54 Å². The predicted octanol–water partition coefficient (Wildman–Crippen LogP) is 3.20. The Balaban J connectivity index is 2.14. The fraction of sp³-hybridized carbons (Fsp3) is 0.231. The highest BCUT2D eigenvalue weighted by atomic mass is 79.9. The topological polar surface area (TPSA) is 49.8 Å². The lowest BCUT2D eigenvalue weighted by molar-refractivity contribution is 1.06. The molecule has 0 amide bonds. The van der Waals surface area contributed by atoms with Crippen LogP contribution in [0.4, 0.5) is 11.6 Å². The Labute approximate surface area is 115 Å². The van der Waals surface area contributed by atoms with Crippen molar-refractivity contribution in [2.45, 2.75) is 13.5 Å². The van der Waals surface area contributed by atoms with Gasteiger partial charge in [0.05, 0.1) is 0 Å². The summed E-state index contributed by atoms with van der Waals surface area (Å²) in [6, 6.07) is 8.29. The van der Waals surface area contributed by atoms with Gasteiger partial charge in [-0.15, -0.1) is 0 Å². The number of halogens is 1. The average Bonchev–Trinajstić information content (AvgIpc) is 2.39. The molecule has 0 aliphatic carbocycles. The normalized spacial score (nSPS) is 10.2. The summed E-state index contributed by atoms with van der Waals surface area (Å²) < 4.78 is 0.848. The quantitative estimate of drug-likeness (QED) is 0.911. The molecule has 1 aromatic heterocycles. The molecule has 1 heterocycles. The molecule has 0 unspecified atom stereocenters. The van der Waals surface area contributed by atoms with Gasteiger partial charge in [0.1, 0.15) is 22.4 Å². The Morgan fingerprint density at radius 2 is 1.89 bits per heavy atom. The van der Waals surface area contributed by atoms with E-state index in [1.807, 2.05) is 19.2 Å². The largest absolute Gasteiger partial charge is 0.372 e. The van der Waals surface area contributed by atoms with E-state index >= 15 is 0 Å². The highest BCUT2D eigenvalue weighted by Gasteiger charge is 2.07. The molecule has 94 valence electrons. The molecular formula is C13H15BrN4. The van der Waals surface area contributed by atoms with Gasteiger partial charge in [-0.05, 0) is 34.0 Å². The molecule has 0 spiro atoms. The summed E-state index contributed by atoms with van der Waals surface area (Å²) in [5.74, 6) is 1.56. The van der Waals surface area contributed by atoms with Gasteiger partial charge in [-0.25, -0.2) is 9.97 Å². The van der Waals surface area contributed by atoms with Crippen LogP contribution in [0.15, 0.2) is 35.1 Å². The Hall–Kier alpha value is -1.62. The summed E-state index contributed by atoms with van der Waals surface area (Å²) >= 11 is 3.48. The number of aromatic nitrogens is 2. The smallest absolute Gasteiger partial charge is 0.146 e. The zero-order valence-corrected chi connectivity index (χ0v) is 12.0. The minimum Gasteiger partial charge on any atom is -0.372 e. The van der Waals surface area contributed by atoms with Crippen LogP contribution in [-0.4, -0.2) is 17.0 Å². The second-order valence-corrected chi connectivity index (χ2v) is 4.71. The number of rotatable bonds is 4. The number of hydrogen-bond acceptors (Lipinski definition) is 4. The van der Waals surface area contributed by atoms with Crippen molar-refractivity contribution in [3.8, 4) is 0 Å². The van der Waals surface area contributed by atoms with E-state index in [-0.39, 0.29) is 0 Å². The van der Waals surface area contributed by atoms with Gasteiger partial charge in [-0.1, -0.05) is 24.3 Å². The number of nitrogens with zero attached hydrogens (tertiary/aromatic N) is 2. The maximum atomic E-state index is 4.22. The number of aryl methyl sites for hydroxylation is 1. The number of anilines is 2. The third-order valence-corrected chi connectivity index (χ3v) is 3.48. The zero-order valence-electron chi connectivity index (χ0n) is 10.4. The molecule has 0 saturated heterocycles. The monoisotopic (exact) mass is 306 g/mol. The van der Waals surface area contributed by atoms with Crippen LogP contribution in [0.1, 0.15) is 11.1 Å². The van der Waals surface area contributed by atoms with Crippen LogP contribution in [0.25, 0.3) is 0 Å². The van der Waals surface area contributed by atoms with Crippen LogP contribution in [0.2, 0.25) is 0 Å². The summed E-state index contributed by atoms with van der Waals surface area (Å²) in [4.78, 5) is 8.34. The van der Waals surface area contributed by atoms with E-state index in [4.69, 9.17) is 0 Å². The number of hydrogen-bond donors (Lipinski definition) is 2. The Morgan fingerprint density at radius 1 is 1.17 bits per heavy atom. The van der Waals surface area contributed by atoms with Gasteiger partial charge < -0.3 is 10.6 Å². The summed E-state index contributed by atoms with van der Waals surface area (Å²) in [5.41, 5.74) is 2.53. The van der Waals surface area contributed by atoms with Crippen LogP contribution in [0.3, 0.4) is 0 Å². The summed E-state index contributed by atoms with van der Waals surface area (Å²) in [5, 5.41) is 6.31. The maximum Gasteiger partial charge on any atom is 0.146 e. The van der Waals surface area contributed by atoms with E-state index in [0.717, 1.165) is 22.7 Å². The van der Waals surface area contributed by atoms with Gasteiger partial charge in [0.2, 0.25) is 0 Å². The molecular weight excluding hydrogens is 292 g/mol. The molecule has 0 aliphatic heterocycles. The van der Waals surface area contributed by atoms with Gasteiger partial charge in [-0.3, -0.25) is 0 Å². The second kappa shape index (κ2) is 5.82. The first kappa shape index (κ1) is 12.8. The van der Waals surface area contributed by atoms with Crippen molar-refractivity contribution in [2.24, 2.45) is 0 Å². The lowest BCUT2D eigenvalue weighted by atomic mass is 10.1. The Kier molecular flexibility index (Phi) is 4.15. The maximum absolute atomic E-state index is 4.22. The Morgan fingerprint density at radius 3 is 2.61 bits per heavy atom. The number of benzene rings is 1. The predicted molar refractivity (Wildman–Crippen MR) is 77.8 cm³/mol. The van der Waals surface area contributed by atoms with Crippen LogP contribution >= 0.6 is 15.9 Å². The molecule has 0 atom stereocenters. The van der Waals surface area contributed by atoms with Gasteiger partial charge >= 0.3 is 0 Å². The minimum atomic E-state index is 0.742.